The zero-order chi connectivity index (χ0) is 23.4. The molecule has 0 radical (unpaired) electrons. The molecule has 4 saturated carbocycles. The number of likely N-dealkylation sites (tertiary alicyclic amines) is 3. The lowest BCUT2D eigenvalue weighted by Gasteiger charge is -2.56. The van der Waals surface area contributed by atoms with Gasteiger partial charge in [-0.1, -0.05) is 6.92 Å². The van der Waals surface area contributed by atoms with Crippen LogP contribution in [0.2, 0.25) is 0 Å². The predicted molar refractivity (Wildman–Crippen MR) is 130 cm³/mol. The highest BCUT2D eigenvalue weighted by Gasteiger charge is 2.57. The minimum Gasteiger partial charge on any atom is -0.342 e. The molecule has 0 aromatic heterocycles. The minimum atomic E-state index is -0.268. The number of amides is 3. The van der Waals surface area contributed by atoms with E-state index in [-0.39, 0.29) is 23.3 Å². The van der Waals surface area contributed by atoms with E-state index in [1.165, 1.54) is 25.7 Å². The van der Waals surface area contributed by atoms with Crippen molar-refractivity contribution in [1.82, 2.24) is 14.7 Å². The Bertz CT molecular complexity index is 797. The van der Waals surface area contributed by atoms with Gasteiger partial charge in [0.25, 0.3) is 0 Å². The van der Waals surface area contributed by atoms with Gasteiger partial charge in [0.15, 0.2) is 0 Å². The molecule has 7 fully saturated rings. The van der Waals surface area contributed by atoms with Gasteiger partial charge in [0.2, 0.25) is 17.7 Å². The molecule has 0 N–H and O–H groups in total. The highest BCUT2D eigenvalue weighted by atomic mass is 16.2. The molecule has 0 aromatic carbocycles. The van der Waals surface area contributed by atoms with Gasteiger partial charge in [-0.15, -0.1) is 0 Å². The van der Waals surface area contributed by atoms with Crippen LogP contribution < -0.4 is 0 Å². The molecule has 6 nitrogen and oxygen atoms in total. The van der Waals surface area contributed by atoms with E-state index < -0.39 is 0 Å². The summed E-state index contributed by atoms with van der Waals surface area (Å²) in [4.78, 5) is 46.6. The van der Waals surface area contributed by atoms with E-state index in [4.69, 9.17) is 0 Å². The van der Waals surface area contributed by atoms with Gasteiger partial charge < -0.3 is 14.7 Å². The van der Waals surface area contributed by atoms with Gasteiger partial charge in [-0.3, -0.25) is 14.4 Å². The fourth-order valence-corrected chi connectivity index (χ4v) is 9.15. The van der Waals surface area contributed by atoms with Crippen LogP contribution in [0.5, 0.6) is 0 Å². The minimum absolute atomic E-state index is 0.0580. The number of hydrogen-bond acceptors (Lipinski definition) is 3. The molecular weight excluding hydrogens is 426 g/mol. The molecular formula is C28H43N3O3. The van der Waals surface area contributed by atoms with Crippen LogP contribution in [-0.2, 0) is 14.4 Å². The van der Waals surface area contributed by atoms with Crippen molar-refractivity contribution in [3.8, 4) is 0 Å². The summed E-state index contributed by atoms with van der Waals surface area (Å²) in [5, 5.41) is 0. The molecule has 3 heterocycles. The molecule has 0 spiro atoms. The van der Waals surface area contributed by atoms with Crippen molar-refractivity contribution in [2.75, 3.05) is 32.7 Å². The lowest BCUT2D eigenvalue weighted by atomic mass is 9.49. The third-order valence-corrected chi connectivity index (χ3v) is 10.4. The van der Waals surface area contributed by atoms with Gasteiger partial charge in [-0.25, -0.2) is 0 Å². The summed E-state index contributed by atoms with van der Waals surface area (Å²) in [6.45, 7) is 6.09. The van der Waals surface area contributed by atoms with Crippen molar-refractivity contribution in [2.45, 2.75) is 90.0 Å². The Balaban J connectivity index is 1.07. The second-order valence-electron chi connectivity index (χ2n) is 13.0. The molecule has 3 saturated heterocycles. The fraction of sp³-hybridized carbons (Fsp3) is 0.893. The Kier molecular flexibility index (Phi) is 5.92. The van der Waals surface area contributed by atoms with Crippen LogP contribution in [0.4, 0.5) is 0 Å². The van der Waals surface area contributed by atoms with Gasteiger partial charge in [0.1, 0.15) is 6.04 Å². The maximum absolute atomic E-state index is 13.9. The number of hydrogen-bond donors (Lipinski definition) is 0. The Hall–Kier alpha value is -1.59. The van der Waals surface area contributed by atoms with Crippen LogP contribution in [0.3, 0.4) is 0 Å². The van der Waals surface area contributed by atoms with Crippen molar-refractivity contribution in [3.63, 3.8) is 0 Å². The third kappa shape index (κ3) is 3.97. The molecule has 7 rings (SSSR count). The number of nitrogens with zero attached hydrogens (tertiary/aromatic N) is 3. The van der Waals surface area contributed by atoms with E-state index in [0.717, 1.165) is 88.8 Å². The summed E-state index contributed by atoms with van der Waals surface area (Å²) in [5.74, 6) is 3.64. The van der Waals surface area contributed by atoms with Crippen LogP contribution >= 0.6 is 0 Å². The first-order valence-corrected chi connectivity index (χ1v) is 14.3. The van der Waals surface area contributed by atoms with Crippen molar-refractivity contribution < 1.29 is 14.4 Å². The normalized spacial score (nSPS) is 40.1. The average Bonchev–Trinajstić information content (AvgIpc) is 3.32. The Labute approximate surface area is 204 Å². The average molecular weight is 470 g/mol. The smallest absolute Gasteiger partial charge is 0.245 e. The molecule has 4 aliphatic carbocycles. The fourth-order valence-electron chi connectivity index (χ4n) is 9.15. The Morgan fingerprint density at radius 3 is 1.94 bits per heavy atom. The largest absolute Gasteiger partial charge is 0.342 e. The first-order chi connectivity index (χ1) is 16.4. The van der Waals surface area contributed by atoms with Crippen molar-refractivity contribution >= 4 is 17.7 Å². The van der Waals surface area contributed by atoms with E-state index in [0.29, 0.717) is 30.8 Å². The summed E-state index contributed by atoms with van der Waals surface area (Å²) in [6, 6.07) is -0.268. The van der Waals surface area contributed by atoms with Crippen LogP contribution in [0.25, 0.3) is 0 Å². The maximum Gasteiger partial charge on any atom is 0.245 e. The van der Waals surface area contributed by atoms with E-state index in [1.807, 2.05) is 9.80 Å². The molecule has 7 aliphatic rings. The number of carbonyl (C=O) groups excluding carboxylic acids is 3. The van der Waals surface area contributed by atoms with Crippen molar-refractivity contribution in [2.24, 2.45) is 35.0 Å². The van der Waals surface area contributed by atoms with Crippen molar-refractivity contribution in [1.29, 1.82) is 0 Å². The van der Waals surface area contributed by atoms with Crippen LogP contribution in [-0.4, -0.2) is 71.2 Å². The maximum atomic E-state index is 13.9. The second-order valence-corrected chi connectivity index (χ2v) is 13.0. The number of piperidine rings is 2. The molecule has 34 heavy (non-hydrogen) atoms. The van der Waals surface area contributed by atoms with E-state index in [2.05, 4.69) is 11.8 Å². The molecule has 3 aliphatic heterocycles. The molecule has 2 unspecified atom stereocenters. The van der Waals surface area contributed by atoms with Crippen LogP contribution in [0, 0.1) is 35.0 Å². The molecule has 6 heteroatoms. The van der Waals surface area contributed by atoms with Gasteiger partial charge in [0.05, 0.1) is 5.41 Å². The van der Waals surface area contributed by atoms with E-state index in [9.17, 15) is 14.4 Å². The lowest BCUT2D eigenvalue weighted by molar-refractivity contribution is -0.162. The van der Waals surface area contributed by atoms with Gasteiger partial charge in [-0.2, -0.15) is 0 Å². The van der Waals surface area contributed by atoms with E-state index >= 15 is 0 Å². The molecule has 4 bridgehead atoms. The quantitative estimate of drug-likeness (QED) is 0.633. The predicted octanol–water partition coefficient (Wildman–Crippen LogP) is 3.69. The standard InChI is InChI=1S/C28H43N3O3/c1-19-4-2-8-30(18-19)25(32)23-6-10-29(11-7-23)26(33)24-5-3-9-31(24)27(34)28-15-20-12-21(16-28)14-22(13-20)17-28/h19-24H,2-18H2,1H3. The summed E-state index contributed by atoms with van der Waals surface area (Å²) < 4.78 is 0. The van der Waals surface area contributed by atoms with Crippen molar-refractivity contribution in [3.05, 3.63) is 0 Å². The third-order valence-electron chi connectivity index (χ3n) is 10.4. The molecule has 3 amide bonds. The molecule has 2 atom stereocenters. The first kappa shape index (κ1) is 22.8. The van der Waals surface area contributed by atoms with Crippen LogP contribution in [0.15, 0.2) is 0 Å². The first-order valence-electron chi connectivity index (χ1n) is 14.3. The Morgan fingerprint density at radius 2 is 1.32 bits per heavy atom. The monoisotopic (exact) mass is 469 g/mol. The lowest BCUT2D eigenvalue weighted by Crippen LogP contribution is -2.58. The highest BCUT2D eigenvalue weighted by Crippen LogP contribution is 2.60. The van der Waals surface area contributed by atoms with Gasteiger partial charge in [0, 0.05) is 38.6 Å². The zero-order valence-electron chi connectivity index (χ0n) is 21.1. The number of rotatable bonds is 3. The van der Waals surface area contributed by atoms with E-state index in [1.54, 1.807) is 0 Å². The topological polar surface area (TPSA) is 60.9 Å². The molecule has 0 aromatic rings. The second kappa shape index (κ2) is 8.81. The van der Waals surface area contributed by atoms with Gasteiger partial charge >= 0.3 is 0 Å². The number of carbonyl (C=O) groups is 3. The summed E-state index contributed by atoms with van der Waals surface area (Å²) in [6.07, 6.45) is 12.8. The zero-order valence-corrected chi connectivity index (χ0v) is 21.1. The summed E-state index contributed by atoms with van der Waals surface area (Å²) in [5.41, 5.74) is -0.164. The van der Waals surface area contributed by atoms with Gasteiger partial charge in [-0.05, 0) is 101 Å². The summed E-state index contributed by atoms with van der Waals surface area (Å²) >= 11 is 0. The SMILES string of the molecule is CC1CCCN(C(=O)C2CCN(C(=O)C3CCCN3C(=O)C34CC5CC(CC(C5)C3)C4)CC2)C1. The highest BCUT2D eigenvalue weighted by molar-refractivity contribution is 5.91. The Morgan fingerprint density at radius 1 is 0.706 bits per heavy atom. The molecule has 188 valence electrons. The summed E-state index contributed by atoms with van der Waals surface area (Å²) in [7, 11) is 0. The van der Waals surface area contributed by atoms with Crippen LogP contribution in [0.1, 0.15) is 84.0 Å².